The molecule has 0 unspecified atom stereocenters. The average Bonchev–Trinajstić information content (AvgIpc) is 2.44. The predicted octanol–water partition coefficient (Wildman–Crippen LogP) is 0.479. The van der Waals surface area contributed by atoms with Gasteiger partial charge >= 0.3 is 0 Å². The molecule has 106 valence electrons. The molecule has 1 amide bonds. The van der Waals surface area contributed by atoms with Crippen molar-refractivity contribution in [1.29, 1.82) is 0 Å². The fourth-order valence-corrected chi connectivity index (χ4v) is 1.97. The predicted molar refractivity (Wildman–Crippen MR) is 80.1 cm³/mol. The van der Waals surface area contributed by atoms with Crippen molar-refractivity contribution in [1.82, 2.24) is 5.32 Å². The molecule has 0 aliphatic carbocycles. The van der Waals surface area contributed by atoms with E-state index in [2.05, 4.69) is 19.4 Å². The smallest absolute Gasteiger partial charge is 0.258 e. The van der Waals surface area contributed by atoms with Gasteiger partial charge in [0.2, 0.25) is 0 Å². The van der Waals surface area contributed by atoms with E-state index in [1.54, 1.807) is 0 Å². The van der Waals surface area contributed by atoms with E-state index in [-0.39, 0.29) is 12.5 Å². The molecule has 2 rings (SSSR count). The summed E-state index contributed by atoms with van der Waals surface area (Å²) in [5.74, 6) is 0.663. The van der Waals surface area contributed by atoms with Gasteiger partial charge in [-0.15, -0.1) is 0 Å². The van der Waals surface area contributed by atoms with Crippen LogP contribution in [0, 0.1) is 0 Å². The maximum atomic E-state index is 11.7. The van der Waals surface area contributed by atoms with Crippen molar-refractivity contribution in [3.63, 3.8) is 0 Å². The third-order valence-corrected chi connectivity index (χ3v) is 3.06. The van der Waals surface area contributed by atoms with Crippen LogP contribution in [-0.2, 0) is 4.79 Å². The molecule has 20 heavy (non-hydrogen) atoms. The number of likely N-dealkylation sites (N-methyl/N-ethyl adjacent to an activating group) is 1. The fourth-order valence-electron chi connectivity index (χ4n) is 1.97. The quantitative estimate of drug-likeness (QED) is 0.804. The van der Waals surface area contributed by atoms with E-state index in [9.17, 15) is 4.79 Å². The van der Waals surface area contributed by atoms with Crippen LogP contribution >= 0.6 is 0 Å². The second-order valence-corrected chi connectivity index (χ2v) is 5.07. The normalized spacial score (nSPS) is 10.8. The molecule has 2 N–H and O–H groups in total. The van der Waals surface area contributed by atoms with Gasteiger partial charge in [0.15, 0.2) is 6.61 Å². The summed E-state index contributed by atoms with van der Waals surface area (Å²) < 4.78 is 5.62. The highest BCUT2D eigenvalue weighted by molar-refractivity contribution is 5.88. The zero-order valence-electron chi connectivity index (χ0n) is 12.0. The second kappa shape index (κ2) is 6.91. The lowest BCUT2D eigenvalue weighted by atomic mass is 10.1. The van der Waals surface area contributed by atoms with Crippen molar-refractivity contribution < 1.29 is 14.4 Å². The first-order chi connectivity index (χ1) is 9.66. The first-order valence-corrected chi connectivity index (χ1v) is 6.83. The van der Waals surface area contributed by atoms with Gasteiger partial charge in [0.1, 0.15) is 5.75 Å². The SMILES string of the molecule is C[NH+](C)CCNC(=O)COc1cccc2ccccc12. The van der Waals surface area contributed by atoms with Crippen LogP contribution in [0.1, 0.15) is 0 Å². The molecule has 0 saturated heterocycles. The number of fused-ring (bicyclic) bond motifs is 1. The maximum Gasteiger partial charge on any atom is 0.258 e. The number of carbonyl (C=O) groups excluding carboxylic acids is 1. The van der Waals surface area contributed by atoms with Gasteiger partial charge in [-0.1, -0.05) is 36.4 Å². The van der Waals surface area contributed by atoms with Crippen LogP contribution in [0.4, 0.5) is 0 Å². The monoisotopic (exact) mass is 273 g/mol. The van der Waals surface area contributed by atoms with E-state index in [4.69, 9.17) is 4.74 Å². The van der Waals surface area contributed by atoms with E-state index in [1.807, 2.05) is 42.5 Å². The van der Waals surface area contributed by atoms with Crippen LogP contribution in [0.15, 0.2) is 42.5 Å². The molecule has 0 bridgehead atoms. The lowest BCUT2D eigenvalue weighted by molar-refractivity contribution is -0.856. The number of ether oxygens (including phenoxy) is 1. The van der Waals surface area contributed by atoms with Crippen LogP contribution < -0.4 is 15.0 Å². The number of quaternary nitrogens is 1. The highest BCUT2D eigenvalue weighted by Gasteiger charge is 2.05. The summed E-state index contributed by atoms with van der Waals surface area (Å²) in [5.41, 5.74) is 0. The summed E-state index contributed by atoms with van der Waals surface area (Å²) in [6, 6.07) is 13.8. The largest absolute Gasteiger partial charge is 0.483 e. The average molecular weight is 273 g/mol. The molecular formula is C16H21N2O2+. The van der Waals surface area contributed by atoms with Crippen molar-refractivity contribution in [3.8, 4) is 5.75 Å². The van der Waals surface area contributed by atoms with Gasteiger partial charge < -0.3 is 15.0 Å². The fraction of sp³-hybridized carbons (Fsp3) is 0.312. The molecule has 2 aromatic rings. The van der Waals surface area contributed by atoms with E-state index in [0.29, 0.717) is 6.54 Å². The van der Waals surface area contributed by atoms with Crippen LogP contribution in [0.5, 0.6) is 5.75 Å². The molecule has 0 heterocycles. The summed E-state index contributed by atoms with van der Waals surface area (Å²) >= 11 is 0. The Bertz CT molecular complexity index is 576. The number of amides is 1. The highest BCUT2D eigenvalue weighted by Crippen LogP contribution is 2.24. The van der Waals surface area contributed by atoms with Gasteiger partial charge in [0.25, 0.3) is 5.91 Å². The van der Waals surface area contributed by atoms with E-state index >= 15 is 0 Å². The van der Waals surface area contributed by atoms with Gasteiger partial charge in [-0.25, -0.2) is 0 Å². The van der Waals surface area contributed by atoms with Crippen molar-refractivity contribution in [3.05, 3.63) is 42.5 Å². The second-order valence-electron chi connectivity index (χ2n) is 5.07. The Kier molecular flexibility index (Phi) is 4.96. The van der Waals surface area contributed by atoms with Crippen molar-refractivity contribution in [2.75, 3.05) is 33.8 Å². The van der Waals surface area contributed by atoms with Gasteiger partial charge in [0.05, 0.1) is 27.2 Å². The van der Waals surface area contributed by atoms with Crippen LogP contribution in [-0.4, -0.2) is 39.7 Å². The summed E-state index contributed by atoms with van der Waals surface area (Å²) in [5, 5.41) is 4.99. The van der Waals surface area contributed by atoms with Crippen LogP contribution in [0.25, 0.3) is 10.8 Å². The van der Waals surface area contributed by atoms with Crippen molar-refractivity contribution >= 4 is 16.7 Å². The number of carbonyl (C=O) groups is 1. The van der Waals surface area contributed by atoms with E-state index < -0.39 is 0 Å². The Hall–Kier alpha value is -2.07. The van der Waals surface area contributed by atoms with Gasteiger partial charge in [0, 0.05) is 5.39 Å². The summed E-state index contributed by atoms with van der Waals surface area (Å²) in [6.07, 6.45) is 0. The number of hydrogen-bond acceptors (Lipinski definition) is 2. The zero-order valence-corrected chi connectivity index (χ0v) is 12.0. The summed E-state index contributed by atoms with van der Waals surface area (Å²) in [4.78, 5) is 13.0. The van der Waals surface area contributed by atoms with Crippen molar-refractivity contribution in [2.45, 2.75) is 0 Å². The van der Waals surface area contributed by atoms with Crippen LogP contribution in [0.3, 0.4) is 0 Å². The minimum Gasteiger partial charge on any atom is -0.483 e. The Morgan fingerprint density at radius 1 is 1.15 bits per heavy atom. The summed E-state index contributed by atoms with van der Waals surface area (Å²) in [6.45, 7) is 1.62. The molecular weight excluding hydrogens is 252 g/mol. The highest BCUT2D eigenvalue weighted by atomic mass is 16.5. The molecule has 2 aromatic carbocycles. The molecule has 0 fully saturated rings. The molecule has 0 atom stereocenters. The number of rotatable bonds is 6. The lowest BCUT2D eigenvalue weighted by Crippen LogP contribution is -3.06. The molecule has 0 aliphatic rings. The molecule has 0 aromatic heterocycles. The Morgan fingerprint density at radius 3 is 2.70 bits per heavy atom. The van der Waals surface area contributed by atoms with Gasteiger partial charge in [-0.05, 0) is 11.5 Å². The Labute approximate surface area is 119 Å². The Balaban J connectivity index is 1.91. The maximum absolute atomic E-state index is 11.7. The third kappa shape index (κ3) is 3.96. The first-order valence-electron chi connectivity index (χ1n) is 6.83. The molecule has 0 aliphatic heterocycles. The van der Waals surface area contributed by atoms with Crippen molar-refractivity contribution in [2.24, 2.45) is 0 Å². The molecule has 0 saturated carbocycles. The number of nitrogens with one attached hydrogen (secondary N) is 2. The minimum absolute atomic E-state index is 0.0524. The third-order valence-electron chi connectivity index (χ3n) is 3.06. The number of benzene rings is 2. The lowest BCUT2D eigenvalue weighted by Gasteiger charge is -2.10. The molecule has 0 radical (unpaired) electrons. The first kappa shape index (κ1) is 14.3. The summed E-state index contributed by atoms with van der Waals surface area (Å²) in [7, 11) is 4.11. The topological polar surface area (TPSA) is 42.8 Å². The number of hydrogen-bond donors (Lipinski definition) is 2. The Morgan fingerprint density at radius 2 is 1.90 bits per heavy atom. The van der Waals surface area contributed by atoms with E-state index in [0.717, 1.165) is 23.1 Å². The van der Waals surface area contributed by atoms with E-state index in [1.165, 1.54) is 4.90 Å². The van der Waals surface area contributed by atoms with Gasteiger partial charge in [-0.3, -0.25) is 4.79 Å². The molecule has 0 spiro atoms. The standard InChI is InChI=1S/C16H20N2O2/c1-18(2)11-10-17-16(19)12-20-15-9-5-7-13-6-3-4-8-14(13)15/h3-9H,10-12H2,1-2H3,(H,17,19)/p+1. The molecule has 4 heteroatoms. The zero-order chi connectivity index (χ0) is 14.4. The van der Waals surface area contributed by atoms with Crippen LogP contribution in [0.2, 0.25) is 0 Å². The minimum atomic E-state index is -0.0841. The molecule has 4 nitrogen and oxygen atoms in total. The van der Waals surface area contributed by atoms with Gasteiger partial charge in [-0.2, -0.15) is 0 Å².